The van der Waals surface area contributed by atoms with E-state index < -0.39 is 0 Å². The minimum Gasteiger partial charge on any atom is -0.396 e. The average Bonchev–Trinajstić information content (AvgIpc) is 2.47. The first-order valence-electron chi connectivity index (χ1n) is 5.53. The van der Waals surface area contributed by atoms with Gasteiger partial charge in [0.15, 0.2) is 0 Å². The summed E-state index contributed by atoms with van der Waals surface area (Å²) >= 11 is 0. The van der Waals surface area contributed by atoms with Gasteiger partial charge in [0, 0.05) is 18.2 Å². The summed E-state index contributed by atoms with van der Waals surface area (Å²) in [6, 6.07) is 0. The van der Waals surface area contributed by atoms with Crippen LogP contribution in [0.25, 0.3) is 0 Å². The first-order valence-corrected chi connectivity index (χ1v) is 5.53. The Hall–Kier alpha value is -0.830. The van der Waals surface area contributed by atoms with Crippen molar-refractivity contribution in [3.63, 3.8) is 0 Å². The summed E-state index contributed by atoms with van der Waals surface area (Å²) in [7, 11) is 0. The monoisotopic (exact) mass is 194 g/mol. The fraction of sp³-hybridized carbons (Fsp3) is 0.727. The normalized spacial score (nSPS) is 17.0. The Balaban J connectivity index is 2.23. The number of nitrogens with zero attached hydrogens (tertiary/aromatic N) is 1. The van der Waals surface area contributed by atoms with Gasteiger partial charge < -0.3 is 5.11 Å². The molecule has 0 amide bonds. The van der Waals surface area contributed by atoms with Crippen molar-refractivity contribution in [3.05, 3.63) is 17.0 Å². The van der Waals surface area contributed by atoms with Crippen LogP contribution in [0.2, 0.25) is 0 Å². The summed E-state index contributed by atoms with van der Waals surface area (Å²) in [4.78, 5) is 0. The highest BCUT2D eigenvalue weighted by Gasteiger charge is 2.25. The molecule has 1 aliphatic carbocycles. The van der Waals surface area contributed by atoms with Gasteiger partial charge in [-0.1, -0.05) is 13.3 Å². The van der Waals surface area contributed by atoms with Gasteiger partial charge in [-0.05, 0) is 31.2 Å². The van der Waals surface area contributed by atoms with Gasteiger partial charge in [0.25, 0.3) is 0 Å². The highest BCUT2D eigenvalue weighted by Crippen LogP contribution is 2.37. The number of aromatic amines is 1. The van der Waals surface area contributed by atoms with Crippen molar-refractivity contribution in [2.75, 3.05) is 6.61 Å². The van der Waals surface area contributed by atoms with Crippen LogP contribution < -0.4 is 0 Å². The predicted octanol–water partition coefficient (Wildman–Crippen LogP) is 1.77. The molecule has 1 aromatic heterocycles. The van der Waals surface area contributed by atoms with E-state index in [0.29, 0.717) is 5.92 Å². The number of aliphatic hydroxyl groups is 1. The van der Waals surface area contributed by atoms with Gasteiger partial charge >= 0.3 is 0 Å². The topological polar surface area (TPSA) is 48.9 Å². The van der Waals surface area contributed by atoms with Crippen LogP contribution in [0.3, 0.4) is 0 Å². The molecule has 0 bridgehead atoms. The second-order valence-electron chi connectivity index (χ2n) is 4.02. The molecule has 3 nitrogen and oxygen atoms in total. The Morgan fingerprint density at radius 2 is 2.29 bits per heavy atom. The molecule has 3 heteroatoms. The molecule has 1 aromatic rings. The fourth-order valence-corrected chi connectivity index (χ4v) is 2.12. The maximum Gasteiger partial charge on any atom is 0.0688 e. The Kier molecular flexibility index (Phi) is 2.87. The summed E-state index contributed by atoms with van der Waals surface area (Å²) < 4.78 is 0. The quantitative estimate of drug-likeness (QED) is 0.767. The van der Waals surface area contributed by atoms with E-state index in [-0.39, 0.29) is 6.61 Å². The maximum absolute atomic E-state index is 9.01. The molecule has 0 aliphatic heterocycles. The van der Waals surface area contributed by atoms with E-state index in [1.54, 1.807) is 0 Å². The SMILES string of the molecule is CCc1[nH]nc(C2CCC2)c1CCO. The fourth-order valence-electron chi connectivity index (χ4n) is 2.12. The van der Waals surface area contributed by atoms with Gasteiger partial charge in [0.05, 0.1) is 5.69 Å². The van der Waals surface area contributed by atoms with Gasteiger partial charge in [-0.25, -0.2) is 0 Å². The summed E-state index contributed by atoms with van der Waals surface area (Å²) in [5.74, 6) is 0.660. The van der Waals surface area contributed by atoms with Crippen LogP contribution in [0.4, 0.5) is 0 Å². The zero-order chi connectivity index (χ0) is 9.97. The van der Waals surface area contributed by atoms with Crippen LogP contribution in [-0.4, -0.2) is 21.9 Å². The smallest absolute Gasteiger partial charge is 0.0688 e. The van der Waals surface area contributed by atoms with Gasteiger partial charge in [-0.15, -0.1) is 0 Å². The van der Waals surface area contributed by atoms with E-state index in [4.69, 9.17) is 5.11 Å². The van der Waals surface area contributed by atoms with Crippen molar-refractivity contribution in [1.29, 1.82) is 0 Å². The standard InChI is InChI=1S/C11H18N2O/c1-2-10-9(6-7-14)11(13-12-10)8-4-3-5-8/h8,14H,2-7H2,1H3,(H,12,13). The first kappa shape index (κ1) is 9.71. The number of H-pyrrole nitrogens is 1. The number of rotatable bonds is 4. The van der Waals surface area contributed by atoms with E-state index in [2.05, 4.69) is 17.1 Å². The number of hydrogen-bond acceptors (Lipinski definition) is 2. The molecule has 0 spiro atoms. The van der Waals surface area contributed by atoms with Gasteiger partial charge in [-0.3, -0.25) is 5.10 Å². The minimum absolute atomic E-state index is 0.228. The number of aryl methyl sites for hydroxylation is 1. The van der Waals surface area contributed by atoms with E-state index in [1.165, 1.54) is 36.2 Å². The lowest BCUT2D eigenvalue weighted by molar-refractivity contribution is 0.297. The first-order chi connectivity index (χ1) is 6.86. The van der Waals surface area contributed by atoms with Crippen LogP contribution in [0.1, 0.15) is 49.1 Å². The van der Waals surface area contributed by atoms with Crippen LogP contribution in [-0.2, 0) is 12.8 Å². The molecule has 1 saturated carbocycles. The Morgan fingerprint density at radius 3 is 2.79 bits per heavy atom. The lowest BCUT2D eigenvalue weighted by atomic mass is 9.81. The molecule has 0 aromatic carbocycles. The lowest BCUT2D eigenvalue weighted by Crippen LogP contribution is -2.12. The maximum atomic E-state index is 9.01. The number of aliphatic hydroxyl groups excluding tert-OH is 1. The third-order valence-corrected chi connectivity index (χ3v) is 3.19. The van der Waals surface area contributed by atoms with Crippen molar-refractivity contribution >= 4 is 0 Å². The van der Waals surface area contributed by atoms with Crippen molar-refractivity contribution in [2.24, 2.45) is 0 Å². The summed E-state index contributed by atoms with van der Waals surface area (Å²) in [5, 5.41) is 16.5. The minimum atomic E-state index is 0.228. The molecule has 2 N–H and O–H groups in total. The highest BCUT2D eigenvalue weighted by molar-refractivity contribution is 5.29. The number of hydrogen-bond donors (Lipinski definition) is 2. The third-order valence-electron chi connectivity index (χ3n) is 3.19. The van der Waals surface area contributed by atoms with Gasteiger partial charge in [0.1, 0.15) is 0 Å². The zero-order valence-electron chi connectivity index (χ0n) is 8.71. The van der Waals surface area contributed by atoms with Crippen LogP contribution in [0.5, 0.6) is 0 Å². The highest BCUT2D eigenvalue weighted by atomic mass is 16.2. The molecular formula is C11H18N2O. The van der Waals surface area contributed by atoms with Gasteiger partial charge in [-0.2, -0.15) is 5.10 Å². The summed E-state index contributed by atoms with van der Waals surface area (Å²) in [5.41, 5.74) is 3.71. The van der Waals surface area contributed by atoms with Crippen molar-refractivity contribution < 1.29 is 5.11 Å². The Bertz CT molecular complexity index is 302. The summed E-state index contributed by atoms with van der Waals surface area (Å²) in [6.07, 6.45) is 5.61. The molecule has 1 fully saturated rings. The predicted molar refractivity (Wildman–Crippen MR) is 55.3 cm³/mol. The molecular weight excluding hydrogens is 176 g/mol. The molecule has 78 valence electrons. The molecule has 2 rings (SSSR count). The van der Waals surface area contributed by atoms with Crippen LogP contribution >= 0.6 is 0 Å². The van der Waals surface area contributed by atoms with E-state index in [1.807, 2.05) is 0 Å². The van der Waals surface area contributed by atoms with E-state index in [0.717, 1.165) is 12.8 Å². The second-order valence-corrected chi connectivity index (χ2v) is 4.02. The molecule has 1 heterocycles. The zero-order valence-corrected chi connectivity index (χ0v) is 8.71. The lowest BCUT2D eigenvalue weighted by Gasteiger charge is -2.24. The molecule has 1 aliphatic rings. The average molecular weight is 194 g/mol. The van der Waals surface area contributed by atoms with Crippen LogP contribution in [0.15, 0.2) is 0 Å². The number of nitrogens with one attached hydrogen (secondary N) is 1. The second kappa shape index (κ2) is 4.13. The van der Waals surface area contributed by atoms with Crippen molar-refractivity contribution in [1.82, 2.24) is 10.2 Å². The summed E-state index contributed by atoms with van der Waals surface area (Å²) in [6.45, 7) is 2.35. The van der Waals surface area contributed by atoms with E-state index >= 15 is 0 Å². The van der Waals surface area contributed by atoms with Gasteiger partial charge in [0.2, 0.25) is 0 Å². The van der Waals surface area contributed by atoms with E-state index in [9.17, 15) is 0 Å². The molecule has 0 atom stereocenters. The molecule has 0 radical (unpaired) electrons. The third kappa shape index (κ3) is 1.57. The largest absolute Gasteiger partial charge is 0.396 e. The molecule has 0 unspecified atom stereocenters. The Labute approximate surface area is 84.5 Å². The van der Waals surface area contributed by atoms with Crippen LogP contribution in [0, 0.1) is 0 Å². The number of aromatic nitrogens is 2. The van der Waals surface area contributed by atoms with Crippen molar-refractivity contribution in [2.45, 2.75) is 44.9 Å². The molecule has 0 saturated heterocycles. The molecule has 14 heavy (non-hydrogen) atoms. The Morgan fingerprint density at radius 1 is 1.50 bits per heavy atom. The van der Waals surface area contributed by atoms with Crippen molar-refractivity contribution in [3.8, 4) is 0 Å².